The number of thioether (sulfide) groups is 1. The highest BCUT2D eigenvalue weighted by atomic mass is 32.2. The summed E-state index contributed by atoms with van der Waals surface area (Å²) in [6.07, 6.45) is 0.891. The van der Waals surface area contributed by atoms with E-state index in [2.05, 4.69) is 20.8 Å². The third-order valence-electron chi connectivity index (χ3n) is 2.89. The summed E-state index contributed by atoms with van der Waals surface area (Å²) in [5.74, 6) is 0.381. The number of rotatable bonds is 6. The number of carbonyl (C=O) groups is 1. The lowest BCUT2D eigenvalue weighted by Gasteiger charge is -2.10. The van der Waals surface area contributed by atoms with Crippen LogP contribution in [0.5, 0.6) is 5.75 Å². The number of aromatic nitrogens is 4. The van der Waals surface area contributed by atoms with Gasteiger partial charge in [-0.1, -0.05) is 18.7 Å². The first-order valence-corrected chi connectivity index (χ1v) is 7.58. The minimum Gasteiger partial charge on any atom is -0.508 e. The molecule has 0 aliphatic heterocycles. The molecule has 2 N–H and O–H groups in total. The Kier molecular flexibility index (Phi) is 5.15. The third-order valence-corrected chi connectivity index (χ3v) is 3.81. The van der Waals surface area contributed by atoms with Crippen molar-refractivity contribution in [2.24, 2.45) is 0 Å². The molecule has 1 amide bonds. The van der Waals surface area contributed by atoms with E-state index in [9.17, 15) is 9.90 Å². The number of nitrogens with zero attached hydrogens (tertiary/aromatic N) is 4. The lowest BCUT2D eigenvalue weighted by Crippen LogP contribution is -2.33. The predicted molar refractivity (Wildman–Crippen MR) is 79.4 cm³/mol. The van der Waals surface area contributed by atoms with Gasteiger partial charge in [0.1, 0.15) is 5.75 Å². The Balaban J connectivity index is 2.01. The van der Waals surface area contributed by atoms with Gasteiger partial charge in [0.2, 0.25) is 11.1 Å². The van der Waals surface area contributed by atoms with E-state index in [4.69, 9.17) is 0 Å². The molecule has 0 bridgehead atoms. The first-order chi connectivity index (χ1) is 10.1. The highest BCUT2D eigenvalue weighted by Crippen LogP contribution is 2.19. The van der Waals surface area contributed by atoms with Gasteiger partial charge in [-0.2, -0.15) is 4.68 Å². The second kappa shape index (κ2) is 7.07. The number of benzene rings is 1. The summed E-state index contributed by atoms with van der Waals surface area (Å²) in [5.41, 5.74) is 0.725. The SMILES string of the molecule is CC[C@@H](C)NC(=O)CSc1nnnn1-c1ccc(O)cc1. The summed E-state index contributed by atoms with van der Waals surface area (Å²) in [6, 6.07) is 6.68. The molecule has 1 atom stereocenters. The van der Waals surface area contributed by atoms with E-state index < -0.39 is 0 Å². The zero-order chi connectivity index (χ0) is 15.2. The summed E-state index contributed by atoms with van der Waals surface area (Å²) in [6.45, 7) is 3.98. The normalized spacial score (nSPS) is 12.1. The number of phenols is 1. The molecular weight excluding hydrogens is 290 g/mol. The van der Waals surface area contributed by atoms with Crippen molar-refractivity contribution in [3.05, 3.63) is 24.3 Å². The molecule has 2 aromatic rings. The van der Waals surface area contributed by atoms with Crippen LogP contribution in [0.4, 0.5) is 0 Å². The van der Waals surface area contributed by atoms with Crippen molar-refractivity contribution < 1.29 is 9.90 Å². The minimum atomic E-state index is -0.0467. The molecule has 0 saturated carbocycles. The van der Waals surface area contributed by atoms with E-state index >= 15 is 0 Å². The molecule has 1 heterocycles. The first kappa shape index (κ1) is 15.3. The quantitative estimate of drug-likeness (QED) is 0.783. The number of tetrazole rings is 1. The number of nitrogens with one attached hydrogen (secondary N) is 1. The zero-order valence-corrected chi connectivity index (χ0v) is 12.7. The van der Waals surface area contributed by atoms with Crippen molar-refractivity contribution >= 4 is 17.7 Å². The summed E-state index contributed by atoms with van der Waals surface area (Å²) >= 11 is 1.27. The molecule has 0 saturated heterocycles. The average molecular weight is 307 g/mol. The smallest absolute Gasteiger partial charge is 0.230 e. The maximum Gasteiger partial charge on any atom is 0.230 e. The summed E-state index contributed by atoms with van der Waals surface area (Å²) in [7, 11) is 0. The second-order valence-corrected chi connectivity index (χ2v) is 5.50. The van der Waals surface area contributed by atoms with Gasteiger partial charge in [0, 0.05) is 6.04 Å². The predicted octanol–water partition coefficient (Wildman–Crippen LogP) is 1.37. The van der Waals surface area contributed by atoms with Crippen molar-refractivity contribution in [2.45, 2.75) is 31.5 Å². The number of hydrogen-bond donors (Lipinski definition) is 2. The van der Waals surface area contributed by atoms with Crippen LogP contribution in [0, 0.1) is 0 Å². The number of amides is 1. The van der Waals surface area contributed by atoms with Gasteiger partial charge in [-0.05, 0) is 48.0 Å². The van der Waals surface area contributed by atoms with Crippen LogP contribution in [-0.4, -0.2) is 43.0 Å². The van der Waals surface area contributed by atoms with Gasteiger partial charge in [-0.25, -0.2) is 0 Å². The van der Waals surface area contributed by atoms with E-state index in [0.717, 1.165) is 12.1 Å². The van der Waals surface area contributed by atoms with Crippen LogP contribution in [0.2, 0.25) is 0 Å². The van der Waals surface area contributed by atoms with Crippen molar-refractivity contribution in [3.63, 3.8) is 0 Å². The van der Waals surface area contributed by atoms with Gasteiger partial charge in [0.25, 0.3) is 0 Å². The van der Waals surface area contributed by atoms with Crippen LogP contribution in [0.3, 0.4) is 0 Å². The number of carbonyl (C=O) groups excluding carboxylic acids is 1. The van der Waals surface area contributed by atoms with Crippen molar-refractivity contribution in [3.8, 4) is 11.4 Å². The summed E-state index contributed by atoms with van der Waals surface area (Å²) in [4.78, 5) is 11.8. The molecule has 0 radical (unpaired) electrons. The molecule has 7 nitrogen and oxygen atoms in total. The summed E-state index contributed by atoms with van der Waals surface area (Å²) in [5, 5.41) is 24.1. The number of hydrogen-bond acceptors (Lipinski definition) is 6. The highest BCUT2D eigenvalue weighted by Gasteiger charge is 2.12. The Labute approximate surface area is 126 Å². The first-order valence-electron chi connectivity index (χ1n) is 6.60. The Hall–Kier alpha value is -2.09. The molecule has 0 fully saturated rings. The van der Waals surface area contributed by atoms with Crippen LogP contribution in [0.25, 0.3) is 5.69 Å². The molecule has 1 aromatic carbocycles. The van der Waals surface area contributed by atoms with Gasteiger partial charge in [-0.15, -0.1) is 5.10 Å². The highest BCUT2D eigenvalue weighted by molar-refractivity contribution is 7.99. The third kappa shape index (κ3) is 4.19. The van der Waals surface area contributed by atoms with Crippen molar-refractivity contribution in [1.82, 2.24) is 25.5 Å². The Morgan fingerprint density at radius 3 is 2.81 bits per heavy atom. The molecule has 8 heteroatoms. The molecule has 0 spiro atoms. The largest absolute Gasteiger partial charge is 0.508 e. The molecule has 2 rings (SSSR count). The second-order valence-electron chi connectivity index (χ2n) is 4.56. The van der Waals surface area contributed by atoms with Crippen LogP contribution in [0.15, 0.2) is 29.4 Å². The molecule has 0 unspecified atom stereocenters. The Morgan fingerprint density at radius 1 is 1.43 bits per heavy atom. The topological polar surface area (TPSA) is 92.9 Å². The van der Waals surface area contributed by atoms with Crippen molar-refractivity contribution in [1.29, 1.82) is 0 Å². The van der Waals surface area contributed by atoms with Crippen LogP contribution in [0.1, 0.15) is 20.3 Å². The van der Waals surface area contributed by atoms with Crippen LogP contribution < -0.4 is 5.32 Å². The van der Waals surface area contributed by atoms with Gasteiger partial charge in [0.05, 0.1) is 11.4 Å². The molecular formula is C13H17N5O2S. The summed E-state index contributed by atoms with van der Waals surface area (Å²) < 4.78 is 1.53. The number of aromatic hydroxyl groups is 1. The Morgan fingerprint density at radius 2 is 2.14 bits per heavy atom. The van der Waals surface area contributed by atoms with E-state index in [1.165, 1.54) is 16.4 Å². The maximum atomic E-state index is 11.8. The molecule has 0 aliphatic rings. The molecule has 21 heavy (non-hydrogen) atoms. The fourth-order valence-electron chi connectivity index (χ4n) is 1.57. The fourth-order valence-corrected chi connectivity index (χ4v) is 2.28. The standard InChI is InChI=1S/C13H17N5O2S/c1-3-9(2)14-12(20)8-21-13-15-16-17-18(13)10-4-6-11(19)7-5-10/h4-7,9,19H,3,8H2,1-2H3,(H,14,20)/t9-/m1/s1. The Bertz CT molecular complexity index is 599. The lowest BCUT2D eigenvalue weighted by atomic mass is 10.3. The molecule has 112 valence electrons. The van der Waals surface area contributed by atoms with Gasteiger partial charge in [0.15, 0.2) is 0 Å². The van der Waals surface area contributed by atoms with E-state index in [0.29, 0.717) is 5.16 Å². The number of phenolic OH excluding ortho intramolecular Hbond substituents is 1. The fraction of sp³-hybridized carbons (Fsp3) is 0.385. The molecule has 0 aliphatic carbocycles. The van der Waals surface area contributed by atoms with Gasteiger partial charge in [-0.3, -0.25) is 4.79 Å². The van der Waals surface area contributed by atoms with Gasteiger partial charge < -0.3 is 10.4 Å². The van der Waals surface area contributed by atoms with E-state index in [-0.39, 0.29) is 23.5 Å². The molecule has 1 aromatic heterocycles. The lowest BCUT2D eigenvalue weighted by molar-refractivity contribution is -0.119. The zero-order valence-electron chi connectivity index (χ0n) is 11.9. The monoisotopic (exact) mass is 307 g/mol. The van der Waals surface area contributed by atoms with Crippen LogP contribution in [-0.2, 0) is 4.79 Å². The van der Waals surface area contributed by atoms with Gasteiger partial charge >= 0.3 is 0 Å². The van der Waals surface area contributed by atoms with Crippen LogP contribution >= 0.6 is 11.8 Å². The van der Waals surface area contributed by atoms with E-state index in [1.54, 1.807) is 24.3 Å². The van der Waals surface area contributed by atoms with Crippen molar-refractivity contribution in [2.75, 3.05) is 5.75 Å². The average Bonchev–Trinajstić information content (AvgIpc) is 2.94. The minimum absolute atomic E-state index is 0.0467. The maximum absolute atomic E-state index is 11.8. The van der Waals surface area contributed by atoms with E-state index in [1.807, 2.05) is 13.8 Å².